The Morgan fingerprint density at radius 2 is 1.97 bits per heavy atom. The zero-order chi connectivity index (χ0) is 23.4. The molecule has 4 rings (SSSR count). The van der Waals surface area contributed by atoms with E-state index in [1.54, 1.807) is 31.2 Å². The Hall–Kier alpha value is -3.05. The molecule has 0 radical (unpaired) electrons. The lowest BCUT2D eigenvalue weighted by Gasteiger charge is -2.19. The molecular weight excluding hydrogens is 444 g/mol. The smallest absolute Gasteiger partial charge is 0.241 e. The molecule has 3 unspecified atom stereocenters. The standard InChI is InChI=1S/C22H28N6O4S/c1-14-12-24-16(13-23-14)11-15(2)33(29)27-22-26-25-21(19-9-6-10-32-19)28(22)20-17(30-3)7-5-8-18(20)31-4/h5,7-8,12-13,15,19H,6,9-11H2,1-4H3,(H,26,27). The third-order valence-electron chi connectivity index (χ3n) is 5.42. The summed E-state index contributed by atoms with van der Waals surface area (Å²) in [4.78, 5) is 8.63. The number of nitrogens with zero attached hydrogens (tertiary/aromatic N) is 5. The molecule has 0 bridgehead atoms. The van der Waals surface area contributed by atoms with E-state index in [4.69, 9.17) is 14.2 Å². The van der Waals surface area contributed by atoms with Crippen LogP contribution in [0.1, 0.15) is 43.1 Å². The van der Waals surface area contributed by atoms with Gasteiger partial charge in [0.2, 0.25) is 5.95 Å². The van der Waals surface area contributed by atoms with Gasteiger partial charge in [0.1, 0.15) is 34.3 Å². The third-order valence-corrected chi connectivity index (χ3v) is 6.70. The third kappa shape index (κ3) is 4.98. The van der Waals surface area contributed by atoms with Crippen molar-refractivity contribution in [1.82, 2.24) is 24.7 Å². The van der Waals surface area contributed by atoms with Crippen LogP contribution in [0.3, 0.4) is 0 Å². The molecule has 11 heteroatoms. The van der Waals surface area contributed by atoms with E-state index in [-0.39, 0.29) is 11.4 Å². The first kappa shape index (κ1) is 23.1. The number of aromatic nitrogens is 5. The van der Waals surface area contributed by atoms with Gasteiger partial charge >= 0.3 is 0 Å². The van der Waals surface area contributed by atoms with Crippen LogP contribution in [0.4, 0.5) is 5.95 Å². The van der Waals surface area contributed by atoms with Gasteiger partial charge in [-0.2, -0.15) is 0 Å². The number of rotatable bonds is 9. The highest BCUT2D eigenvalue weighted by atomic mass is 32.2. The summed E-state index contributed by atoms with van der Waals surface area (Å²) in [5.41, 5.74) is 2.23. The molecule has 0 spiro atoms. The normalized spacial score (nSPS) is 17.5. The topological polar surface area (TPSA) is 113 Å². The number of hydrogen-bond acceptors (Lipinski definition) is 8. The van der Waals surface area contributed by atoms with E-state index >= 15 is 0 Å². The molecule has 1 N–H and O–H groups in total. The van der Waals surface area contributed by atoms with Gasteiger partial charge in [0.05, 0.1) is 30.9 Å². The fourth-order valence-electron chi connectivity index (χ4n) is 3.71. The predicted molar refractivity (Wildman–Crippen MR) is 124 cm³/mol. The number of ether oxygens (including phenoxy) is 3. The molecule has 0 saturated carbocycles. The molecule has 176 valence electrons. The van der Waals surface area contributed by atoms with Gasteiger partial charge in [-0.05, 0) is 38.8 Å². The van der Waals surface area contributed by atoms with E-state index in [1.165, 1.54) is 0 Å². The number of para-hydroxylation sites is 1. The summed E-state index contributed by atoms with van der Waals surface area (Å²) in [6.45, 7) is 4.42. The fraction of sp³-hybridized carbons (Fsp3) is 0.455. The summed E-state index contributed by atoms with van der Waals surface area (Å²) in [6, 6.07) is 5.50. The number of benzene rings is 1. The summed E-state index contributed by atoms with van der Waals surface area (Å²) in [5.74, 6) is 2.07. The monoisotopic (exact) mass is 472 g/mol. The molecule has 33 heavy (non-hydrogen) atoms. The van der Waals surface area contributed by atoms with Crippen molar-refractivity contribution in [1.29, 1.82) is 0 Å². The van der Waals surface area contributed by atoms with Crippen molar-refractivity contribution in [2.45, 2.75) is 44.5 Å². The molecule has 0 aliphatic carbocycles. The lowest BCUT2D eigenvalue weighted by Crippen LogP contribution is -2.23. The number of methoxy groups -OCH3 is 2. The van der Waals surface area contributed by atoms with Crippen LogP contribution in [0.5, 0.6) is 11.5 Å². The van der Waals surface area contributed by atoms with Gasteiger partial charge in [-0.3, -0.25) is 19.3 Å². The molecule has 1 saturated heterocycles. The van der Waals surface area contributed by atoms with Crippen LogP contribution in [0.15, 0.2) is 30.6 Å². The maximum Gasteiger partial charge on any atom is 0.241 e. The zero-order valence-corrected chi connectivity index (χ0v) is 20.0. The Morgan fingerprint density at radius 3 is 2.58 bits per heavy atom. The Morgan fingerprint density at radius 1 is 1.21 bits per heavy atom. The second kappa shape index (κ2) is 10.3. The predicted octanol–water partition coefficient (Wildman–Crippen LogP) is 2.94. The van der Waals surface area contributed by atoms with Crippen LogP contribution >= 0.6 is 0 Å². The number of anilines is 1. The van der Waals surface area contributed by atoms with Crippen molar-refractivity contribution in [3.05, 3.63) is 47.8 Å². The lowest BCUT2D eigenvalue weighted by molar-refractivity contribution is 0.103. The summed E-state index contributed by atoms with van der Waals surface area (Å²) >= 11 is 0. The molecule has 10 nitrogen and oxygen atoms in total. The molecular formula is C22H28N6O4S. The van der Waals surface area contributed by atoms with Gasteiger partial charge in [-0.25, -0.2) is 4.21 Å². The van der Waals surface area contributed by atoms with Crippen molar-refractivity contribution in [2.24, 2.45) is 0 Å². The van der Waals surface area contributed by atoms with E-state index in [0.717, 1.165) is 24.2 Å². The maximum absolute atomic E-state index is 13.2. The van der Waals surface area contributed by atoms with Crippen LogP contribution in [-0.4, -0.2) is 55.0 Å². The molecule has 1 aliphatic heterocycles. The lowest BCUT2D eigenvalue weighted by atomic mass is 10.2. The highest BCUT2D eigenvalue weighted by molar-refractivity contribution is 7.86. The van der Waals surface area contributed by atoms with Gasteiger partial charge in [0, 0.05) is 25.4 Å². The van der Waals surface area contributed by atoms with Crippen LogP contribution in [0, 0.1) is 6.92 Å². The molecule has 3 aromatic rings. The fourth-order valence-corrected chi connectivity index (χ4v) is 4.55. The summed E-state index contributed by atoms with van der Waals surface area (Å²) in [6.07, 6.45) is 5.44. The Kier molecular flexibility index (Phi) is 7.19. The van der Waals surface area contributed by atoms with Crippen molar-refractivity contribution < 1.29 is 18.4 Å². The molecule has 0 amide bonds. The van der Waals surface area contributed by atoms with E-state index < -0.39 is 11.0 Å². The van der Waals surface area contributed by atoms with Gasteiger partial charge in [0.25, 0.3) is 0 Å². The van der Waals surface area contributed by atoms with Crippen LogP contribution in [0.25, 0.3) is 5.69 Å². The Labute approximate surface area is 195 Å². The van der Waals surface area contributed by atoms with Gasteiger partial charge in [0.15, 0.2) is 5.82 Å². The molecule has 2 aromatic heterocycles. The first-order chi connectivity index (χ1) is 16.0. The Balaban J connectivity index is 1.68. The minimum Gasteiger partial charge on any atom is -0.494 e. The average Bonchev–Trinajstić information content (AvgIpc) is 3.50. The van der Waals surface area contributed by atoms with Gasteiger partial charge in [-0.15, -0.1) is 10.2 Å². The molecule has 3 atom stereocenters. The van der Waals surface area contributed by atoms with E-state index in [1.807, 2.05) is 32.0 Å². The van der Waals surface area contributed by atoms with Crippen molar-refractivity contribution in [3.63, 3.8) is 0 Å². The zero-order valence-electron chi connectivity index (χ0n) is 19.1. The van der Waals surface area contributed by atoms with Crippen LogP contribution in [0.2, 0.25) is 0 Å². The van der Waals surface area contributed by atoms with Crippen LogP contribution in [-0.2, 0) is 22.1 Å². The minimum atomic E-state index is -1.47. The van der Waals surface area contributed by atoms with E-state index in [2.05, 4.69) is 24.9 Å². The molecule has 1 aromatic carbocycles. The largest absolute Gasteiger partial charge is 0.494 e. The molecule has 1 aliphatic rings. The Bertz CT molecular complexity index is 1090. The SMILES string of the molecule is COc1cccc(OC)c1-n1c(NS(=O)C(C)Cc2cnc(C)cn2)nnc1C1CCCO1. The molecule has 1 fully saturated rings. The maximum atomic E-state index is 13.2. The van der Waals surface area contributed by atoms with Crippen LogP contribution < -0.4 is 14.2 Å². The first-order valence-electron chi connectivity index (χ1n) is 10.7. The summed E-state index contributed by atoms with van der Waals surface area (Å²) in [7, 11) is 1.70. The van der Waals surface area contributed by atoms with E-state index in [0.29, 0.717) is 42.0 Å². The van der Waals surface area contributed by atoms with Crippen molar-refractivity contribution in [2.75, 3.05) is 25.5 Å². The first-order valence-corrected chi connectivity index (χ1v) is 12.0. The quantitative estimate of drug-likeness (QED) is 0.506. The highest BCUT2D eigenvalue weighted by Crippen LogP contribution is 2.38. The summed E-state index contributed by atoms with van der Waals surface area (Å²) in [5, 5.41) is 8.46. The highest BCUT2D eigenvalue weighted by Gasteiger charge is 2.30. The second-order valence-electron chi connectivity index (χ2n) is 7.79. The van der Waals surface area contributed by atoms with Gasteiger partial charge in [-0.1, -0.05) is 6.07 Å². The van der Waals surface area contributed by atoms with Crippen molar-refractivity contribution >= 4 is 16.9 Å². The second-order valence-corrected chi connectivity index (χ2v) is 9.40. The van der Waals surface area contributed by atoms with Crippen molar-refractivity contribution in [3.8, 4) is 17.2 Å². The number of aryl methyl sites for hydroxylation is 1. The number of nitrogens with one attached hydrogen (secondary N) is 1. The van der Waals surface area contributed by atoms with E-state index in [9.17, 15) is 4.21 Å². The minimum absolute atomic E-state index is 0.226. The van der Waals surface area contributed by atoms with Gasteiger partial charge < -0.3 is 14.2 Å². The molecule has 3 heterocycles. The average molecular weight is 473 g/mol. The summed E-state index contributed by atoms with van der Waals surface area (Å²) < 4.78 is 35.1. The number of hydrogen-bond donors (Lipinski definition) is 1.